The van der Waals surface area contributed by atoms with E-state index in [0.29, 0.717) is 37.0 Å². The maximum absolute atomic E-state index is 6.04. The van der Waals surface area contributed by atoms with Crippen LogP contribution in [0, 0.1) is 0 Å². The Labute approximate surface area is 162 Å². The number of benzene rings is 1. The van der Waals surface area contributed by atoms with E-state index >= 15 is 0 Å². The quantitative estimate of drug-likeness (QED) is 0.723. The summed E-state index contributed by atoms with van der Waals surface area (Å²) in [6.07, 6.45) is 0. The fraction of sp³-hybridized carbons (Fsp3) is 0.450. The molecule has 1 atom stereocenters. The van der Waals surface area contributed by atoms with Gasteiger partial charge in [0.15, 0.2) is 17.2 Å². The van der Waals surface area contributed by atoms with Gasteiger partial charge in [0, 0.05) is 17.7 Å². The molecule has 1 aromatic carbocycles. The molecular formula is C20H23N5O3. The number of anilines is 2. The topological polar surface area (TPSA) is 99.5 Å². The number of ether oxygens (including phenoxy) is 2. The molecule has 0 amide bonds. The number of nitrogen functional groups attached to an aromatic ring is 1. The van der Waals surface area contributed by atoms with Gasteiger partial charge in [-0.15, -0.1) is 0 Å². The molecule has 0 radical (unpaired) electrons. The van der Waals surface area contributed by atoms with E-state index in [0.717, 1.165) is 34.6 Å². The number of hydrogen-bond acceptors (Lipinski definition) is 8. The first-order chi connectivity index (χ1) is 13.4. The molecule has 0 spiro atoms. The predicted octanol–water partition coefficient (Wildman–Crippen LogP) is 2.86. The highest BCUT2D eigenvalue weighted by atomic mass is 16.5. The summed E-state index contributed by atoms with van der Waals surface area (Å²) in [6, 6.07) is 5.95. The summed E-state index contributed by atoms with van der Waals surface area (Å²) < 4.78 is 16.9. The van der Waals surface area contributed by atoms with Crippen molar-refractivity contribution in [2.45, 2.75) is 39.0 Å². The average molecular weight is 381 g/mol. The zero-order valence-electron chi connectivity index (χ0n) is 16.2. The molecule has 2 N–H and O–H groups in total. The van der Waals surface area contributed by atoms with Gasteiger partial charge in [-0.25, -0.2) is 9.97 Å². The Morgan fingerprint density at radius 2 is 2.11 bits per heavy atom. The Hall–Kier alpha value is -2.71. The number of nitrogens with zero attached hydrogens (tertiary/aromatic N) is 4. The fourth-order valence-electron chi connectivity index (χ4n) is 3.93. The molecule has 4 heterocycles. The number of fused-ring (bicyclic) bond motifs is 2. The van der Waals surface area contributed by atoms with Crippen molar-refractivity contribution < 1.29 is 14.0 Å². The van der Waals surface area contributed by atoms with Crippen molar-refractivity contribution in [3.63, 3.8) is 0 Å². The van der Waals surface area contributed by atoms with Gasteiger partial charge in [-0.1, -0.05) is 5.16 Å². The molecule has 28 heavy (non-hydrogen) atoms. The molecule has 2 aromatic heterocycles. The molecule has 0 aliphatic carbocycles. The van der Waals surface area contributed by atoms with Crippen molar-refractivity contribution in [1.29, 1.82) is 0 Å². The number of nitrogens with two attached hydrogens (primary N) is 1. The molecular weight excluding hydrogens is 358 g/mol. The lowest BCUT2D eigenvalue weighted by molar-refractivity contribution is -0.0100. The van der Waals surface area contributed by atoms with Crippen molar-refractivity contribution in [2.24, 2.45) is 0 Å². The van der Waals surface area contributed by atoms with Gasteiger partial charge in [0.05, 0.1) is 36.9 Å². The Morgan fingerprint density at radius 3 is 2.93 bits per heavy atom. The lowest BCUT2D eigenvalue weighted by Crippen LogP contribution is -2.44. The van der Waals surface area contributed by atoms with Crippen LogP contribution in [0.15, 0.2) is 22.7 Å². The van der Waals surface area contributed by atoms with Gasteiger partial charge in [-0.3, -0.25) is 0 Å². The third kappa shape index (κ3) is 2.63. The Bertz CT molecular complexity index is 1060. The standard InChI is InChI=1S/C20H23N5O3/c1-11-9-26-7-6-25(11)19-14-10-27-20(2,3)16(14)22-18(23-19)12-4-5-15-13(8-12)17(21)24-28-15/h4-5,8,11H,6-7,9-10H2,1-3H3,(H2,21,24)/t11-/m0/s1. The molecule has 0 unspecified atom stereocenters. The smallest absolute Gasteiger partial charge is 0.174 e. The van der Waals surface area contributed by atoms with Crippen molar-refractivity contribution in [3.8, 4) is 11.4 Å². The molecule has 0 saturated carbocycles. The summed E-state index contributed by atoms with van der Waals surface area (Å²) >= 11 is 0. The van der Waals surface area contributed by atoms with Crippen LogP contribution < -0.4 is 10.6 Å². The zero-order valence-corrected chi connectivity index (χ0v) is 16.2. The average Bonchev–Trinajstić information content (AvgIpc) is 3.21. The van der Waals surface area contributed by atoms with Crippen molar-refractivity contribution in [2.75, 3.05) is 30.4 Å². The molecule has 0 bridgehead atoms. The van der Waals surface area contributed by atoms with E-state index in [2.05, 4.69) is 17.0 Å². The minimum atomic E-state index is -0.461. The van der Waals surface area contributed by atoms with Crippen LogP contribution in [0.2, 0.25) is 0 Å². The Morgan fingerprint density at radius 1 is 1.25 bits per heavy atom. The van der Waals surface area contributed by atoms with Crippen molar-refractivity contribution in [1.82, 2.24) is 15.1 Å². The van der Waals surface area contributed by atoms with E-state index in [-0.39, 0.29) is 6.04 Å². The summed E-state index contributed by atoms with van der Waals surface area (Å²) in [7, 11) is 0. The predicted molar refractivity (Wildman–Crippen MR) is 105 cm³/mol. The van der Waals surface area contributed by atoms with Crippen molar-refractivity contribution >= 4 is 22.6 Å². The summed E-state index contributed by atoms with van der Waals surface area (Å²) in [5.74, 6) is 1.94. The lowest BCUT2D eigenvalue weighted by Gasteiger charge is -2.35. The van der Waals surface area contributed by atoms with Gasteiger partial charge in [0.1, 0.15) is 11.4 Å². The van der Waals surface area contributed by atoms with Gasteiger partial charge in [0.25, 0.3) is 0 Å². The van der Waals surface area contributed by atoms with E-state index in [1.165, 1.54) is 0 Å². The Kier molecular flexibility index (Phi) is 3.82. The van der Waals surface area contributed by atoms with E-state index in [1.807, 2.05) is 32.0 Å². The van der Waals surface area contributed by atoms with Crippen LogP contribution in [0.3, 0.4) is 0 Å². The van der Waals surface area contributed by atoms with Crippen LogP contribution in [-0.4, -0.2) is 40.9 Å². The number of aromatic nitrogens is 3. The highest BCUT2D eigenvalue weighted by Crippen LogP contribution is 2.40. The van der Waals surface area contributed by atoms with E-state index in [9.17, 15) is 0 Å². The molecule has 2 aliphatic rings. The van der Waals surface area contributed by atoms with Crippen LogP contribution in [0.25, 0.3) is 22.4 Å². The number of hydrogen-bond donors (Lipinski definition) is 1. The molecule has 3 aromatic rings. The summed E-state index contributed by atoms with van der Waals surface area (Å²) in [5.41, 5.74) is 8.99. The van der Waals surface area contributed by atoms with E-state index in [1.54, 1.807) is 0 Å². The molecule has 2 aliphatic heterocycles. The molecule has 8 nitrogen and oxygen atoms in total. The van der Waals surface area contributed by atoms with Gasteiger partial charge in [0.2, 0.25) is 0 Å². The van der Waals surface area contributed by atoms with E-state index < -0.39 is 5.60 Å². The highest BCUT2D eigenvalue weighted by Gasteiger charge is 2.38. The minimum absolute atomic E-state index is 0.237. The van der Waals surface area contributed by atoms with Crippen LogP contribution >= 0.6 is 0 Å². The second-order valence-electron chi connectivity index (χ2n) is 7.89. The fourth-order valence-corrected chi connectivity index (χ4v) is 3.93. The molecule has 5 rings (SSSR count). The third-order valence-corrected chi connectivity index (χ3v) is 5.53. The maximum atomic E-state index is 6.04. The molecule has 146 valence electrons. The summed E-state index contributed by atoms with van der Waals surface area (Å²) in [5, 5.41) is 4.59. The lowest BCUT2D eigenvalue weighted by atomic mass is 10.0. The van der Waals surface area contributed by atoms with Crippen LogP contribution in [0.5, 0.6) is 0 Å². The molecule has 1 fully saturated rings. The monoisotopic (exact) mass is 381 g/mol. The first-order valence-electron chi connectivity index (χ1n) is 9.49. The van der Waals surface area contributed by atoms with Gasteiger partial charge < -0.3 is 24.6 Å². The minimum Gasteiger partial charge on any atom is -0.380 e. The number of rotatable bonds is 2. The molecule has 8 heteroatoms. The third-order valence-electron chi connectivity index (χ3n) is 5.53. The first-order valence-corrected chi connectivity index (χ1v) is 9.49. The van der Waals surface area contributed by atoms with Crippen LogP contribution in [-0.2, 0) is 21.7 Å². The second-order valence-corrected chi connectivity index (χ2v) is 7.89. The SMILES string of the molecule is C[C@H]1COCCN1c1nc(-c2ccc3onc(N)c3c2)nc2c1COC2(C)C. The van der Waals surface area contributed by atoms with Crippen molar-refractivity contribution in [3.05, 3.63) is 29.5 Å². The highest BCUT2D eigenvalue weighted by molar-refractivity contribution is 5.90. The van der Waals surface area contributed by atoms with Gasteiger partial charge in [-0.05, 0) is 39.0 Å². The normalized spacial score (nSPS) is 21.2. The van der Waals surface area contributed by atoms with Gasteiger partial charge in [-0.2, -0.15) is 0 Å². The largest absolute Gasteiger partial charge is 0.380 e. The van der Waals surface area contributed by atoms with Crippen LogP contribution in [0.1, 0.15) is 32.0 Å². The van der Waals surface area contributed by atoms with E-state index in [4.69, 9.17) is 29.7 Å². The first kappa shape index (κ1) is 17.4. The van der Waals surface area contributed by atoms with Gasteiger partial charge >= 0.3 is 0 Å². The summed E-state index contributed by atoms with van der Waals surface area (Å²) in [4.78, 5) is 12.2. The maximum Gasteiger partial charge on any atom is 0.174 e. The molecule has 1 saturated heterocycles. The number of morpholine rings is 1. The van der Waals surface area contributed by atoms with Crippen LogP contribution in [0.4, 0.5) is 11.6 Å². The Balaban J connectivity index is 1.69. The summed E-state index contributed by atoms with van der Waals surface area (Å²) in [6.45, 7) is 8.92. The zero-order chi connectivity index (χ0) is 19.5. The second kappa shape index (κ2) is 6.15.